The molecular formula is C15H12ClF2NO. The maximum absolute atomic E-state index is 13.0. The summed E-state index contributed by atoms with van der Waals surface area (Å²) in [5.74, 6) is -1.73. The summed E-state index contributed by atoms with van der Waals surface area (Å²) in [6.45, 7) is 0.132. The van der Waals surface area contributed by atoms with Gasteiger partial charge in [-0.15, -0.1) is 11.6 Å². The second-order valence-corrected chi connectivity index (χ2v) is 4.53. The van der Waals surface area contributed by atoms with Gasteiger partial charge in [-0.2, -0.15) is 0 Å². The summed E-state index contributed by atoms with van der Waals surface area (Å²) in [5.41, 5.74) is 1.90. The van der Waals surface area contributed by atoms with Crippen LogP contribution in [0.25, 0.3) is 0 Å². The third-order valence-corrected chi connectivity index (χ3v) is 3.12. The Balaban J connectivity index is 1.98. The van der Waals surface area contributed by atoms with Crippen molar-refractivity contribution in [3.8, 4) is 0 Å². The minimum absolute atomic E-state index is 0.132. The van der Waals surface area contributed by atoms with Crippen LogP contribution in [-0.4, -0.2) is 5.91 Å². The van der Waals surface area contributed by atoms with Crippen molar-refractivity contribution in [2.45, 2.75) is 12.4 Å². The first-order valence-electron chi connectivity index (χ1n) is 5.97. The molecule has 1 N–H and O–H groups in total. The van der Waals surface area contributed by atoms with Crippen LogP contribution >= 0.6 is 11.6 Å². The monoisotopic (exact) mass is 295 g/mol. The van der Waals surface area contributed by atoms with Gasteiger partial charge >= 0.3 is 0 Å². The van der Waals surface area contributed by atoms with E-state index in [0.29, 0.717) is 17.0 Å². The van der Waals surface area contributed by atoms with Crippen molar-refractivity contribution in [3.05, 3.63) is 70.8 Å². The van der Waals surface area contributed by atoms with E-state index in [0.717, 1.165) is 17.7 Å². The van der Waals surface area contributed by atoms with Gasteiger partial charge in [-0.25, -0.2) is 8.78 Å². The highest BCUT2D eigenvalue weighted by atomic mass is 35.5. The van der Waals surface area contributed by atoms with Crippen LogP contribution < -0.4 is 5.32 Å². The first-order chi connectivity index (χ1) is 9.60. The molecule has 2 aromatic rings. The molecule has 5 heteroatoms. The summed E-state index contributed by atoms with van der Waals surface area (Å²) < 4.78 is 25.8. The summed E-state index contributed by atoms with van der Waals surface area (Å²) in [5, 5.41) is 2.64. The molecule has 0 atom stereocenters. The maximum atomic E-state index is 13.0. The number of benzene rings is 2. The normalized spacial score (nSPS) is 10.3. The van der Waals surface area contributed by atoms with Crippen molar-refractivity contribution in [2.75, 3.05) is 0 Å². The topological polar surface area (TPSA) is 29.1 Å². The van der Waals surface area contributed by atoms with E-state index >= 15 is 0 Å². The van der Waals surface area contributed by atoms with Gasteiger partial charge in [0.05, 0.1) is 0 Å². The predicted molar refractivity (Wildman–Crippen MR) is 73.5 cm³/mol. The Labute approximate surface area is 120 Å². The largest absolute Gasteiger partial charge is 0.348 e. The van der Waals surface area contributed by atoms with Crippen molar-refractivity contribution < 1.29 is 13.6 Å². The van der Waals surface area contributed by atoms with Gasteiger partial charge in [0.1, 0.15) is 0 Å². The van der Waals surface area contributed by atoms with E-state index in [4.69, 9.17) is 11.6 Å². The smallest absolute Gasteiger partial charge is 0.251 e. The molecule has 2 aromatic carbocycles. The average molecular weight is 296 g/mol. The zero-order valence-electron chi connectivity index (χ0n) is 10.5. The average Bonchev–Trinajstić information content (AvgIpc) is 2.48. The molecule has 0 aliphatic rings. The van der Waals surface area contributed by atoms with Gasteiger partial charge in [0, 0.05) is 18.0 Å². The zero-order valence-corrected chi connectivity index (χ0v) is 11.3. The van der Waals surface area contributed by atoms with Crippen LogP contribution in [0.4, 0.5) is 8.78 Å². The van der Waals surface area contributed by atoms with Crippen LogP contribution in [0.3, 0.4) is 0 Å². The number of halogens is 3. The lowest BCUT2D eigenvalue weighted by Gasteiger charge is -2.06. The lowest BCUT2D eigenvalue weighted by atomic mass is 10.1. The molecule has 2 rings (SSSR count). The molecule has 2 nitrogen and oxygen atoms in total. The highest BCUT2D eigenvalue weighted by Gasteiger charge is 2.07. The molecule has 0 bridgehead atoms. The van der Waals surface area contributed by atoms with Crippen molar-refractivity contribution >= 4 is 17.5 Å². The van der Waals surface area contributed by atoms with Crippen molar-refractivity contribution in [1.29, 1.82) is 0 Å². The fraction of sp³-hybridized carbons (Fsp3) is 0.133. The lowest BCUT2D eigenvalue weighted by molar-refractivity contribution is 0.0951. The number of hydrogen-bond donors (Lipinski definition) is 1. The maximum Gasteiger partial charge on any atom is 0.251 e. The summed E-state index contributed by atoms with van der Waals surface area (Å²) in [7, 11) is 0. The lowest BCUT2D eigenvalue weighted by Crippen LogP contribution is -2.22. The number of carbonyl (C=O) groups is 1. The quantitative estimate of drug-likeness (QED) is 0.857. The molecule has 0 fully saturated rings. The van der Waals surface area contributed by atoms with Gasteiger partial charge in [-0.05, 0) is 35.4 Å². The van der Waals surface area contributed by atoms with Crippen LogP contribution in [0.2, 0.25) is 0 Å². The highest BCUT2D eigenvalue weighted by molar-refractivity contribution is 6.17. The zero-order chi connectivity index (χ0) is 14.5. The Hall–Kier alpha value is -1.94. The summed E-state index contributed by atoms with van der Waals surface area (Å²) in [4.78, 5) is 11.9. The second-order valence-electron chi connectivity index (χ2n) is 4.26. The standard InChI is InChI=1S/C15H12ClF2NO/c16-8-10-1-4-12(5-2-10)15(20)19-9-11-3-6-13(17)14(18)7-11/h1-7H,8-9H2,(H,19,20). The fourth-order valence-corrected chi connectivity index (χ4v) is 1.86. The van der Waals surface area contributed by atoms with Crippen LogP contribution in [-0.2, 0) is 12.4 Å². The summed E-state index contributed by atoms with van der Waals surface area (Å²) in [6, 6.07) is 10.4. The Kier molecular flexibility index (Phi) is 4.69. The molecule has 0 aromatic heterocycles. The Morgan fingerprint density at radius 1 is 1.00 bits per heavy atom. The van der Waals surface area contributed by atoms with E-state index in [1.165, 1.54) is 6.07 Å². The van der Waals surface area contributed by atoms with Gasteiger partial charge in [-0.1, -0.05) is 18.2 Å². The molecule has 1 amide bonds. The molecule has 0 aliphatic heterocycles. The molecule has 20 heavy (non-hydrogen) atoms. The molecule has 0 saturated heterocycles. The number of hydrogen-bond acceptors (Lipinski definition) is 1. The fourth-order valence-electron chi connectivity index (χ4n) is 1.68. The van der Waals surface area contributed by atoms with Gasteiger partial charge in [-0.3, -0.25) is 4.79 Å². The number of rotatable bonds is 4. The molecule has 0 saturated carbocycles. The molecule has 0 spiro atoms. The number of carbonyl (C=O) groups excluding carboxylic acids is 1. The third-order valence-electron chi connectivity index (χ3n) is 2.81. The number of amides is 1. The second kappa shape index (κ2) is 6.48. The minimum atomic E-state index is -0.928. The molecule has 0 heterocycles. The minimum Gasteiger partial charge on any atom is -0.348 e. The Morgan fingerprint density at radius 2 is 1.65 bits per heavy atom. The van der Waals surface area contributed by atoms with E-state index in [-0.39, 0.29) is 12.5 Å². The van der Waals surface area contributed by atoms with Gasteiger partial charge in [0.15, 0.2) is 11.6 Å². The molecular weight excluding hydrogens is 284 g/mol. The van der Waals surface area contributed by atoms with Crippen LogP contribution in [0.1, 0.15) is 21.5 Å². The van der Waals surface area contributed by atoms with Crippen LogP contribution in [0.5, 0.6) is 0 Å². The molecule has 0 aliphatic carbocycles. The number of nitrogens with one attached hydrogen (secondary N) is 1. The van der Waals surface area contributed by atoms with E-state index in [9.17, 15) is 13.6 Å². The van der Waals surface area contributed by atoms with Crippen molar-refractivity contribution in [3.63, 3.8) is 0 Å². The highest BCUT2D eigenvalue weighted by Crippen LogP contribution is 2.10. The molecule has 104 valence electrons. The SMILES string of the molecule is O=C(NCc1ccc(F)c(F)c1)c1ccc(CCl)cc1. The van der Waals surface area contributed by atoms with Gasteiger partial charge < -0.3 is 5.32 Å². The Bertz CT molecular complexity index is 614. The Morgan fingerprint density at radius 3 is 2.25 bits per heavy atom. The third kappa shape index (κ3) is 3.54. The molecule has 0 unspecified atom stereocenters. The van der Waals surface area contributed by atoms with E-state index in [2.05, 4.69) is 5.32 Å². The van der Waals surface area contributed by atoms with E-state index in [1.54, 1.807) is 24.3 Å². The van der Waals surface area contributed by atoms with Gasteiger partial charge in [0.25, 0.3) is 5.91 Å². The van der Waals surface area contributed by atoms with Crippen LogP contribution in [0.15, 0.2) is 42.5 Å². The van der Waals surface area contributed by atoms with Crippen molar-refractivity contribution in [2.24, 2.45) is 0 Å². The van der Waals surface area contributed by atoms with Crippen LogP contribution in [0, 0.1) is 11.6 Å². The first kappa shape index (κ1) is 14.5. The van der Waals surface area contributed by atoms with E-state index < -0.39 is 11.6 Å². The predicted octanol–water partition coefficient (Wildman–Crippen LogP) is 3.63. The van der Waals surface area contributed by atoms with E-state index in [1.807, 2.05) is 0 Å². The molecule has 0 radical (unpaired) electrons. The van der Waals surface area contributed by atoms with Crippen molar-refractivity contribution in [1.82, 2.24) is 5.32 Å². The summed E-state index contributed by atoms with van der Waals surface area (Å²) >= 11 is 5.66. The number of alkyl halides is 1. The summed E-state index contributed by atoms with van der Waals surface area (Å²) in [6.07, 6.45) is 0. The first-order valence-corrected chi connectivity index (χ1v) is 6.50. The van der Waals surface area contributed by atoms with Gasteiger partial charge in [0.2, 0.25) is 0 Å².